The molecule has 1 amide bonds. The number of nitrogens with one attached hydrogen (secondary N) is 2. The fourth-order valence-electron chi connectivity index (χ4n) is 4.05. The number of carbonyl (C=O) groups excluding carboxylic acids is 1. The van der Waals surface area contributed by atoms with Crippen LogP contribution in [0.4, 0.5) is 0 Å². The molecule has 1 aromatic carbocycles. The van der Waals surface area contributed by atoms with Gasteiger partial charge in [-0.15, -0.1) is 4.40 Å². The van der Waals surface area contributed by atoms with Gasteiger partial charge in [-0.2, -0.15) is 8.42 Å². The van der Waals surface area contributed by atoms with Crippen molar-refractivity contribution < 1.29 is 13.2 Å². The van der Waals surface area contributed by atoms with Gasteiger partial charge in [0.05, 0.1) is 0 Å². The van der Waals surface area contributed by atoms with Crippen molar-refractivity contribution in [3.05, 3.63) is 29.8 Å². The van der Waals surface area contributed by atoms with E-state index < -0.39 is 10.0 Å². The number of amides is 1. The molecule has 2 N–H and O–H groups in total. The average Bonchev–Trinajstić information content (AvgIpc) is 3.20. The topological polar surface area (TPSA) is 90.9 Å². The van der Waals surface area contributed by atoms with E-state index in [1.54, 1.807) is 24.3 Å². The van der Waals surface area contributed by atoms with Crippen LogP contribution in [0.1, 0.15) is 31.7 Å². The Kier molecular flexibility index (Phi) is 4.48. The molecule has 3 aliphatic heterocycles. The van der Waals surface area contributed by atoms with Crippen LogP contribution in [0.25, 0.3) is 0 Å². The molecule has 2 fully saturated rings. The third-order valence-corrected chi connectivity index (χ3v) is 6.92. The van der Waals surface area contributed by atoms with Gasteiger partial charge in [0.2, 0.25) is 5.91 Å². The minimum Gasteiger partial charge on any atom is -0.350 e. The lowest BCUT2D eigenvalue weighted by molar-refractivity contribution is -0.125. The maximum absolute atomic E-state index is 12.9. The maximum atomic E-state index is 12.9. The van der Waals surface area contributed by atoms with Gasteiger partial charge in [-0.25, -0.2) is 0 Å². The van der Waals surface area contributed by atoms with Gasteiger partial charge in [-0.3, -0.25) is 4.79 Å². The number of sulfonamides is 1. The van der Waals surface area contributed by atoms with Crippen LogP contribution in [-0.4, -0.2) is 56.8 Å². The Morgan fingerprint density at radius 2 is 2.12 bits per heavy atom. The van der Waals surface area contributed by atoms with Crippen LogP contribution in [0.5, 0.6) is 0 Å². The first-order valence-electron chi connectivity index (χ1n) is 9.19. The van der Waals surface area contributed by atoms with E-state index in [0.29, 0.717) is 30.3 Å². The summed E-state index contributed by atoms with van der Waals surface area (Å²) >= 11 is 0. The molecule has 3 unspecified atom stereocenters. The zero-order chi connectivity index (χ0) is 18.3. The fourth-order valence-corrected chi connectivity index (χ4v) is 5.27. The quantitative estimate of drug-likeness (QED) is 0.793. The van der Waals surface area contributed by atoms with E-state index in [2.05, 4.69) is 22.0 Å². The maximum Gasteiger partial charge on any atom is 0.285 e. The van der Waals surface area contributed by atoms with Crippen LogP contribution in [0.3, 0.4) is 0 Å². The Bertz CT molecular complexity index is 852. The number of hydrogen-bond acceptors (Lipinski definition) is 5. The second-order valence-corrected chi connectivity index (χ2v) is 8.90. The molecule has 3 aliphatic rings. The van der Waals surface area contributed by atoms with E-state index in [1.165, 1.54) is 0 Å². The minimum absolute atomic E-state index is 0.0347. The molecule has 3 heterocycles. The summed E-state index contributed by atoms with van der Waals surface area (Å²) in [6, 6.07) is 6.57. The van der Waals surface area contributed by atoms with E-state index in [4.69, 9.17) is 0 Å². The van der Waals surface area contributed by atoms with Gasteiger partial charge < -0.3 is 15.5 Å². The van der Waals surface area contributed by atoms with Crippen molar-refractivity contribution in [2.45, 2.75) is 43.2 Å². The fraction of sp³-hybridized carbons (Fsp3) is 0.556. The molecule has 1 aromatic rings. The first-order valence-corrected chi connectivity index (χ1v) is 10.6. The van der Waals surface area contributed by atoms with Gasteiger partial charge >= 0.3 is 0 Å². The van der Waals surface area contributed by atoms with Crippen molar-refractivity contribution in [1.29, 1.82) is 0 Å². The van der Waals surface area contributed by atoms with Gasteiger partial charge in [0, 0.05) is 24.7 Å². The number of likely N-dealkylation sites (tertiary alicyclic amines) is 1. The molecule has 26 heavy (non-hydrogen) atoms. The number of carbonyl (C=O) groups is 1. The number of nitrogens with zero attached hydrogens (tertiary/aromatic N) is 2. The molecular weight excluding hydrogens is 352 g/mol. The average molecular weight is 376 g/mol. The summed E-state index contributed by atoms with van der Waals surface area (Å²) in [6.45, 7) is 4.55. The van der Waals surface area contributed by atoms with Gasteiger partial charge in [0.1, 0.15) is 10.9 Å². The number of fused-ring (bicyclic) bond motifs is 1. The summed E-state index contributed by atoms with van der Waals surface area (Å²) in [5.41, 5.74) is 0.597. The second-order valence-electron chi connectivity index (χ2n) is 7.32. The Hall–Kier alpha value is -1.93. The first-order chi connectivity index (χ1) is 12.5. The van der Waals surface area contributed by atoms with Crippen LogP contribution < -0.4 is 10.6 Å². The summed E-state index contributed by atoms with van der Waals surface area (Å²) in [6.07, 6.45) is 2.59. The van der Waals surface area contributed by atoms with Gasteiger partial charge in [-0.1, -0.05) is 19.1 Å². The smallest absolute Gasteiger partial charge is 0.285 e. The highest BCUT2D eigenvalue weighted by Gasteiger charge is 2.40. The minimum atomic E-state index is -3.67. The van der Waals surface area contributed by atoms with Crippen molar-refractivity contribution in [3.63, 3.8) is 0 Å². The molecule has 0 radical (unpaired) electrons. The lowest BCUT2D eigenvalue weighted by atomic mass is 9.94. The number of rotatable bonds is 2. The van der Waals surface area contributed by atoms with Gasteiger partial charge in [-0.05, 0) is 43.9 Å². The molecule has 0 aliphatic carbocycles. The lowest BCUT2D eigenvalue weighted by Gasteiger charge is -2.33. The lowest BCUT2D eigenvalue weighted by Crippen LogP contribution is -2.55. The van der Waals surface area contributed by atoms with Crippen LogP contribution in [0, 0.1) is 5.92 Å². The van der Waals surface area contributed by atoms with Crippen LogP contribution in [0.2, 0.25) is 0 Å². The van der Waals surface area contributed by atoms with E-state index >= 15 is 0 Å². The monoisotopic (exact) mass is 376 g/mol. The summed E-state index contributed by atoms with van der Waals surface area (Å²) in [7, 11) is -3.67. The standard InChI is InChI=1S/C18H24N4O3S/c1-12-8-9-19-11-14(12)20-18(23)15-6-4-10-22(15)17-13-5-2-3-7-16(13)26(24,25)21-17/h2-3,5,7,12,14-15,19H,4,6,8-11H2,1H3,(H,20,23). The Morgan fingerprint density at radius 1 is 1.31 bits per heavy atom. The third-order valence-electron chi connectivity index (χ3n) is 5.60. The van der Waals surface area contributed by atoms with Crippen molar-refractivity contribution in [3.8, 4) is 0 Å². The molecule has 0 aromatic heterocycles. The summed E-state index contributed by atoms with van der Waals surface area (Å²) in [5.74, 6) is 0.806. The van der Waals surface area contributed by atoms with Crippen molar-refractivity contribution in [2.75, 3.05) is 19.6 Å². The first kappa shape index (κ1) is 17.5. The van der Waals surface area contributed by atoms with Gasteiger partial charge in [0.25, 0.3) is 10.0 Å². The molecule has 0 bridgehead atoms. The third kappa shape index (κ3) is 3.01. The Balaban J connectivity index is 1.57. The Labute approximate surface area is 153 Å². The zero-order valence-electron chi connectivity index (χ0n) is 14.8. The number of piperidine rings is 1. The van der Waals surface area contributed by atoms with E-state index in [1.807, 2.05) is 4.90 Å². The molecule has 0 saturated carbocycles. The van der Waals surface area contributed by atoms with Crippen LogP contribution in [0.15, 0.2) is 33.6 Å². The molecule has 2 saturated heterocycles. The second kappa shape index (κ2) is 6.66. The van der Waals surface area contributed by atoms with Crippen LogP contribution in [-0.2, 0) is 14.8 Å². The highest BCUT2D eigenvalue weighted by molar-refractivity contribution is 7.90. The normalized spacial score (nSPS) is 30.0. The zero-order valence-corrected chi connectivity index (χ0v) is 15.6. The van der Waals surface area contributed by atoms with Crippen molar-refractivity contribution in [2.24, 2.45) is 10.3 Å². The van der Waals surface area contributed by atoms with Gasteiger partial charge in [0.15, 0.2) is 5.84 Å². The number of hydrogen-bond donors (Lipinski definition) is 2. The molecule has 140 valence electrons. The largest absolute Gasteiger partial charge is 0.350 e. The summed E-state index contributed by atoms with van der Waals surface area (Å²) in [4.78, 5) is 15.0. The molecule has 3 atom stereocenters. The highest BCUT2D eigenvalue weighted by Crippen LogP contribution is 2.31. The molecular formula is C18H24N4O3S. The van der Waals surface area contributed by atoms with Crippen molar-refractivity contribution >= 4 is 21.8 Å². The Morgan fingerprint density at radius 3 is 2.92 bits per heavy atom. The van der Waals surface area contributed by atoms with E-state index in [9.17, 15) is 13.2 Å². The van der Waals surface area contributed by atoms with E-state index in [-0.39, 0.29) is 22.9 Å². The molecule has 4 rings (SSSR count). The predicted octanol–water partition coefficient (Wildman–Crippen LogP) is 0.714. The summed E-state index contributed by atoms with van der Waals surface area (Å²) < 4.78 is 28.7. The highest BCUT2D eigenvalue weighted by atomic mass is 32.2. The van der Waals surface area contributed by atoms with E-state index in [0.717, 1.165) is 25.9 Å². The number of benzene rings is 1. The molecule has 0 spiro atoms. The SMILES string of the molecule is CC1CCNCC1NC(=O)C1CCCN1C1=NS(=O)(=O)c2ccccc21. The van der Waals surface area contributed by atoms with Crippen molar-refractivity contribution in [1.82, 2.24) is 15.5 Å². The predicted molar refractivity (Wildman–Crippen MR) is 98.5 cm³/mol. The molecule has 7 nitrogen and oxygen atoms in total. The number of amidine groups is 1. The molecule has 8 heteroatoms. The summed E-state index contributed by atoms with van der Waals surface area (Å²) in [5, 5.41) is 6.48. The van der Waals surface area contributed by atoms with Crippen LogP contribution >= 0.6 is 0 Å².